The fourth-order valence-corrected chi connectivity index (χ4v) is 3.25. The van der Waals surface area contributed by atoms with Gasteiger partial charge >= 0.3 is 5.97 Å². The lowest BCUT2D eigenvalue weighted by atomic mass is 10.1. The zero-order chi connectivity index (χ0) is 13.9. The number of carbonyl (C=O) groups is 1. The lowest BCUT2D eigenvalue weighted by Gasteiger charge is -2.10. The Morgan fingerprint density at radius 2 is 1.83 bits per heavy atom. The van der Waals surface area contributed by atoms with Crippen LogP contribution in [0.15, 0.2) is 17.0 Å². The predicted octanol–water partition coefficient (Wildman–Crippen LogP) is 2.08. The fourth-order valence-electron chi connectivity index (χ4n) is 1.63. The first-order chi connectivity index (χ1) is 8.21. The Kier molecular flexibility index (Phi) is 4.59. The molecule has 0 fully saturated rings. The average molecular weight is 293 g/mol. The Bertz CT molecular complexity index is 542. The number of ether oxygens (including phenoxy) is 1. The lowest BCUT2D eigenvalue weighted by Crippen LogP contribution is -2.06. The van der Waals surface area contributed by atoms with E-state index in [1.807, 2.05) is 0 Å². The second-order valence-electron chi connectivity index (χ2n) is 3.82. The van der Waals surface area contributed by atoms with Gasteiger partial charge in [-0.3, -0.25) is 4.79 Å². The minimum Gasteiger partial charge on any atom is -0.493 e. The Balaban J connectivity index is 2.97. The van der Waals surface area contributed by atoms with Crippen molar-refractivity contribution in [3.8, 4) is 5.75 Å². The summed E-state index contributed by atoms with van der Waals surface area (Å²) >= 11 is 0. The van der Waals surface area contributed by atoms with Crippen LogP contribution in [0.25, 0.3) is 0 Å². The van der Waals surface area contributed by atoms with Gasteiger partial charge in [0.1, 0.15) is 5.75 Å². The van der Waals surface area contributed by atoms with Crippen LogP contribution in [-0.2, 0) is 13.8 Å². The number of aliphatic carboxylic acids is 1. The summed E-state index contributed by atoms with van der Waals surface area (Å²) in [6.45, 7) is 3.24. The van der Waals surface area contributed by atoms with Crippen molar-refractivity contribution in [2.75, 3.05) is 6.61 Å². The highest BCUT2D eigenvalue weighted by Gasteiger charge is 2.17. The van der Waals surface area contributed by atoms with Crippen molar-refractivity contribution in [2.45, 2.75) is 25.2 Å². The molecule has 0 aliphatic carbocycles. The molecule has 0 heterocycles. The highest BCUT2D eigenvalue weighted by molar-refractivity contribution is 8.13. The first-order valence-electron chi connectivity index (χ1n) is 5.12. The molecule has 7 heteroatoms. The van der Waals surface area contributed by atoms with Gasteiger partial charge in [-0.25, -0.2) is 8.42 Å². The second-order valence-corrected chi connectivity index (χ2v) is 6.32. The minimum absolute atomic E-state index is 0.0290. The molecule has 5 nitrogen and oxygen atoms in total. The Morgan fingerprint density at radius 3 is 2.22 bits per heavy atom. The molecule has 0 radical (unpaired) electrons. The van der Waals surface area contributed by atoms with Gasteiger partial charge in [0.2, 0.25) is 0 Å². The second kappa shape index (κ2) is 5.58. The summed E-state index contributed by atoms with van der Waals surface area (Å²) < 4.78 is 27.9. The maximum Gasteiger partial charge on any atom is 0.306 e. The molecule has 100 valence electrons. The molecule has 0 bridgehead atoms. The largest absolute Gasteiger partial charge is 0.493 e. The third kappa shape index (κ3) is 3.89. The number of aryl methyl sites for hydroxylation is 2. The number of benzene rings is 1. The normalized spacial score (nSPS) is 11.3. The molecule has 0 saturated carbocycles. The van der Waals surface area contributed by atoms with Crippen LogP contribution in [0.3, 0.4) is 0 Å². The first kappa shape index (κ1) is 14.8. The zero-order valence-electron chi connectivity index (χ0n) is 9.94. The van der Waals surface area contributed by atoms with E-state index in [4.69, 9.17) is 20.5 Å². The summed E-state index contributed by atoms with van der Waals surface area (Å²) in [5.41, 5.74) is 0.936. The Hall–Kier alpha value is -1.27. The zero-order valence-corrected chi connectivity index (χ0v) is 11.5. The molecule has 0 aromatic heterocycles. The van der Waals surface area contributed by atoms with Crippen LogP contribution in [0.2, 0.25) is 0 Å². The maximum absolute atomic E-state index is 11.3. The summed E-state index contributed by atoms with van der Waals surface area (Å²) in [5, 5.41) is 8.47. The molecule has 0 amide bonds. The van der Waals surface area contributed by atoms with E-state index in [9.17, 15) is 13.2 Å². The topological polar surface area (TPSA) is 80.7 Å². The van der Waals surface area contributed by atoms with E-state index < -0.39 is 15.0 Å². The summed E-state index contributed by atoms with van der Waals surface area (Å²) in [6, 6.07) is 3.04. The molecule has 0 aliphatic rings. The van der Waals surface area contributed by atoms with Crippen molar-refractivity contribution in [3.63, 3.8) is 0 Å². The number of rotatable bonds is 5. The minimum atomic E-state index is -3.79. The van der Waals surface area contributed by atoms with E-state index in [-0.39, 0.29) is 17.9 Å². The molecular formula is C11H13ClO5S. The van der Waals surface area contributed by atoms with Gasteiger partial charge in [0.15, 0.2) is 0 Å². The Morgan fingerprint density at radius 1 is 1.33 bits per heavy atom. The van der Waals surface area contributed by atoms with Crippen LogP contribution in [0.5, 0.6) is 5.75 Å². The summed E-state index contributed by atoms with van der Waals surface area (Å²) in [5.74, 6) is -0.529. The fraction of sp³-hybridized carbons (Fsp3) is 0.364. The van der Waals surface area contributed by atoms with Gasteiger partial charge in [-0.2, -0.15) is 0 Å². The SMILES string of the molecule is Cc1cc(OCCC(=O)O)cc(C)c1S(=O)(=O)Cl. The molecule has 0 saturated heterocycles. The summed E-state index contributed by atoms with van der Waals surface area (Å²) in [6.07, 6.45) is -0.117. The molecule has 0 aliphatic heterocycles. The van der Waals surface area contributed by atoms with E-state index in [1.54, 1.807) is 13.8 Å². The van der Waals surface area contributed by atoms with Crippen LogP contribution in [0, 0.1) is 13.8 Å². The van der Waals surface area contributed by atoms with Gasteiger partial charge in [0.25, 0.3) is 9.05 Å². The van der Waals surface area contributed by atoms with Crippen molar-refractivity contribution in [2.24, 2.45) is 0 Å². The molecular weight excluding hydrogens is 280 g/mol. The number of halogens is 1. The molecule has 1 aromatic rings. The molecule has 0 spiro atoms. The maximum atomic E-state index is 11.3. The van der Waals surface area contributed by atoms with Crippen molar-refractivity contribution >= 4 is 25.7 Å². The van der Waals surface area contributed by atoms with E-state index in [1.165, 1.54) is 12.1 Å². The molecule has 0 atom stereocenters. The third-order valence-corrected chi connectivity index (χ3v) is 3.86. The highest BCUT2D eigenvalue weighted by Crippen LogP contribution is 2.28. The monoisotopic (exact) mass is 292 g/mol. The van der Waals surface area contributed by atoms with Gasteiger partial charge < -0.3 is 9.84 Å². The average Bonchev–Trinajstić information content (AvgIpc) is 2.12. The summed E-state index contributed by atoms with van der Waals surface area (Å²) in [7, 11) is 1.53. The number of hydrogen-bond donors (Lipinski definition) is 1. The van der Waals surface area contributed by atoms with E-state index in [0.29, 0.717) is 16.9 Å². The van der Waals surface area contributed by atoms with Gasteiger partial charge in [0, 0.05) is 10.7 Å². The van der Waals surface area contributed by atoms with Gasteiger partial charge in [-0.05, 0) is 37.1 Å². The molecule has 1 rings (SSSR count). The molecule has 1 N–H and O–H groups in total. The molecule has 0 unspecified atom stereocenters. The van der Waals surface area contributed by atoms with E-state index in [0.717, 1.165) is 0 Å². The Labute approximate surface area is 110 Å². The van der Waals surface area contributed by atoms with E-state index in [2.05, 4.69) is 0 Å². The van der Waals surface area contributed by atoms with E-state index >= 15 is 0 Å². The summed E-state index contributed by atoms with van der Waals surface area (Å²) in [4.78, 5) is 10.4. The first-order valence-corrected chi connectivity index (χ1v) is 7.43. The van der Waals surface area contributed by atoms with Crippen molar-refractivity contribution < 1.29 is 23.1 Å². The smallest absolute Gasteiger partial charge is 0.306 e. The highest BCUT2D eigenvalue weighted by atomic mass is 35.7. The van der Waals surface area contributed by atoms with Crippen LogP contribution < -0.4 is 4.74 Å². The van der Waals surface area contributed by atoms with Gasteiger partial charge in [-0.15, -0.1) is 0 Å². The number of carboxylic acids is 1. The van der Waals surface area contributed by atoms with Gasteiger partial charge in [0.05, 0.1) is 17.9 Å². The van der Waals surface area contributed by atoms with Crippen LogP contribution >= 0.6 is 10.7 Å². The van der Waals surface area contributed by atoms with Crippen LogP contribution in [0.1, 0.15) is 17.5 Å². The number of hydrogen-bond acceptors (Lipinski definition) is 4. The molecule has 18 heavy (non-hydrogen) atoms. The molecule has 1 aromatic carbocycles. The lowest BCUT2D eigenvalue weighted by molar-refractivity contribution is -0.137. The van der Waals surface area contributed by atoms with Crippen molar-refractivity contribution in [1.29, 1.82) is 0 Å². The van der Waals surface area contributed by atoms with Crippen LogP contribution in [-0.4, -0.2) is 26.1 Å². The van der Waals surface area contributed by atoms with Crippen LogP contribution in [0.4, 0.5) is 0 Å². The van der Waals surface area contributed by atoms with Crippen molar-refractivity contribution in [3.05, 3.63) is 23.3 Å². The standard InChI is InChI=1S/C11H13ClO5S/c1-7-5-9(17-4-3-10(13)14)6-8(2)11(7)18(12,15)16/h5-6H,3-4H2,1-2H3,(H,13,14). The number of carboxylic acid groups (broad SMARTS) is 1. The van der Waals surface area contributed by atoms with Crippen molar-refractivity contribution in [1.82, 2.24) is 0 Å². The quantitative estimate of drug-likeness (QED) is 0.840. The predicted molar refractivity (Wildman–Crippen MR) is 66.7 cm³/mol. The van der Waals surface area contributed by atoms with Gasteiger partial charge in [-0.1, -0.05) is 0 Å². The third-order valence-electron chi connectivity index (χ3n) is 2.26.